The Morgan fingerprint density at radius 3 is 1.43 bits per heavy atom. The van der Waals surface area contributed by atoms with Crippen molar-refractivity contribution in [1.29, 1.82) is 0 Å². The smallest absolute Gasteiger partial charge is 1.00 e. The minimum Gasteiger partial charge on any atom is -1.00 e. The summed E-state index contributed by atoms with van der Waals surface area (Å²) in [5.74, 6) is 0. The van der Waals surface area contributed by atoms with Crippen LogP contribution in [0.1, 0.15) is 13.8 Å². The van der Waals surface area contributed by atoms with E-state index in [0.717, 1.165) is 13.1 Å². The van der Waals surface area contributed by atoms with Gasteiger partial charge in [0, 0.05) is 0 Å². The zero-order valence-corrected chi connectivity index (χ0v) is 8.00. The van der Waals surface area contributed by atoms with Crippen LogP contribution in [0.5, 0.6) is 0 Å². The van der Waals surface area contributed by atoms with Gasteiger partial charge >= 0.3 is 23.1 Å². The van der Waals surface area contributed by atoms with E-state index in [4.69, 9.17) is 0 Å². The normalized spacial score (nSPS) is 6.00. The van der Waals surface area contributed by atoms with E-state index in [1.54, 1.807) is 0 Å². The Labute approximate surface area is 72.2 Å². The third-order valence-electron chi connectivity index (χ3n) is 0.500. The molecular formula is C4H11BrMgN+. The Hall–Kier alpha value is 1.21. The van der Waals surface area contributed by atoms with Gasteiger partial charge in [-0.15, -0.1) is 0 Å². The van der Waals surface area contributed by atoms with Crippen LogP contribution in [0, 0.1) is 0 Å². The second-order valence-electron chi connectivity index (χ2n) is 0.957. The molecule has 0 saturated carbocycles. The third-order valence-corrected chi connectivity index (χ3v) is 0.500. The summed E-state index contributed by atoms with van der Waals surface area (Å²) in [5.41, 5.74) is 0. The molecule has 0 aliphatic rings. The van der Waals surface area contributed by atoms with Crippen LogP contribution in [0.2, 0.25) is 0 Å². The van der Waals surface area contributed by atoms with Crippen molar-refractivity contribution in [2.24, 2.45) is 0 Å². The van der Waals surface area contributed by atoms with Gasteiger partial charge in [0.2, 0.25) is 0 Å². The third kappa shape index (κ3) is 19.0. The van der Waals surface area contributed by atoms with Crippen LogP contribution < -0.4 is 22.3 Å². The molecule has 0 heterocycles. The van der Waals surface area contributed by atoms with Gasteiger partial charge in [-0.2, -0.15) is 0 Å². The fourth-order valence-corrected chi connectivity index (χ4v) is 0.250. The predicted molar refractivity (Wildman–Crippen MR) is 30.0 cm³/mol. The molecule has 1 N–H and O–H groups in total. The van der Waals surface area contributed by atoms with Crippen molar-refractivity contribution in [3.63, 3.8) is 0 Å². The topological polar surface area (TPSA) is 12.0 Å². The van der Waals surface area contributed by atoms with E-state index in [-0.39, 0.29) is 40.0 Å². The van der Waals surface area contributed by atoms with Crippen molar-refractivity contribution in [2.45, 2.75) is 13.8 Å². The predicted octanol–water partition coefficient (Wildman–Crippen LogP) is -2.76. The van der Waals surface area contributed by atoms with Gasteiger partial charge in [-0.25, -0.2) is 0 Å². The molecular weight excluding hydrogens is 166 g/mol. The van der Waals surface area contributed by atoms with Gasteiger partial charge in [-0.1, -0.05) is 13.8 Å². The zero-order valence-electron chi connectivity index (χ0n) is 5.00. The second kappa shape index (κ2) is 15.7. The Kier molecular flexibility index (Phi) is 35.2. The van der Waals surface area contributed by atoms with Gasteiger partial charge in [0.05, 0.1) is 0 Å². The van der Waals surface area contributed by atoms with E-state index in [2.05, 4.69) is 19.2 Å². The van der Waals surface area contributed by atoms with Crippen LogP contribution in [0.3, 0.4) is 0 Å². The first-order valence-corrected chi connectivity index (χ1v) is 2.12. The molecule has 1 nitrogen and oxygen atoms in total. The average Bonchev–Trinajstić information content (AvgIpc) is 1.41. The largest absolute Gasteiger partial charge is 2.00 e. The Morgan fingerprint density at radius 2 is 1.43 bits per heavy atom. The number of hydrogen-bond donors (Lipinski definition) is 1. The van der Waals surface area contributed by atoms with Gasteiger partial charge in [-0.3, -0.25) is 0 Å². The number of nitrogens with one attached hydrogen (secondary N) is 1. The summed E-state index contributed by atoms with van der Waals surface area (Å²) in [6.45, 7) is 6.39. The van der Waals surface area contributed by atoms with Gasteiger partial charge in [0.15, 0.2) is 0 Å². The second-order valence-corrected chi connectivity index (χ2v) is 0.957. The van der Waals surface area contributed by atoms with Crippen molar-refractivity contribution >= 4 is 23.1 Å². The van der Waals surface area contributed by atoms with Crippen molar-refractivity contribution in [1.82, 2.24) is 5.32 Å². The first-order chi connectivity index (χ1) is 2.41. The molecule has 0 atom stereocenters. The van der Waals surface area contributed by atoms with Crippen molar-refractivity contribution < 1.29 is 17.0 Å². The zero-order chi connectivity index (χ0) is 4.12. The summed E-state index contributed by atoms with van der Waals surface area (Å²) in [6.07, 6.45) is 0. The van der Waals surface area contributed by atoms with Gasteiger partial charge in [0.1, 0.15) is 0 Å². The van der Waals surface area contributed by atoms with Gasteiger partial charge in [-0.05, 0) is 13.1 Å². The van der Waals surface area contributed by atoms with Crippen LogP contribution in [-0.2, 0) is 0 Å². The standard InChI is InChI=1S/C4H11N.BrH.Mg/c1-3-5-4-2;;/h5H,3-4H2,1-2H3;1H;/q;;+2/p-1. The van der Waals surface area contributed by atoms with Gasteiger partial charge in [0.25, 0.3) is 0 Å². The van der Waals surface area contributed by atoms with Crippen LogP contribution >= 0.6 is 0 Å². The number of halogens is 1. The molecule has 0 aromatic rings. The molecule has 3 heteroatoms. The van der Waals surface area contributed by atoms with Crippen molar-refractivity contribution in [2.75, 3.05) is 13.1 Å². The molecule has 40 valence electrons. The molecule has 0 aliphatic carbocycles. The number of rotatable bonds is 2. The van der Waals surface area contributed by atoms with E-state index in [1.165, 1.54) is 0 Å². The molecule has 0 saturated heterocycles. The van der Waals surface area contributed by atoms with Gasteiger partial charge < -0.3 is 22.3 Å². The van der Waals surface area contributed by atoms with Crippen LogP contribution in [-0.4, -0.2) is 36.1 Å². The molecule has 0 aliphatic heterocycles. The average molecular weight is 177 g/mol. The number of hydrogen-bond acceptors (Lipinski definition) is 1. The summed E-state index contributed by atoms with van der Waals surface area (Å²) in [7, 11) is 0. The van der Waals surface area contributed by atoms with Crippen molar-refractivity contribution in [3.8, 4) is 0 Å². The fraction of sp³-hybridized carbons (Fsp3) is 1.00. The maximum atomic E-state index is 3.11. The Morgan fingerprint density at radius 1 is 1.14 bits per heavy atom. The van der Waals surface area contributed by atoms with E-state index in [0.29, 0.717) is 0 Å². The molecule has 0 radical (unpaired) electrons. The minimum absolute atomic E-state index is 0. The molecule has 0 fully saturated rings. The van der Waals surface area contributed by atoms with Crippen LogP contribution in [0.4, 0.5) is 0 Å². The minimum atomic E-state index is 0. The van der Waals surface area contributed by atoms with E-state index in [1.807, 2.05) is 0 Å². The summed E-state index contributed by atoms with van der Waals surface area (Å²) in [4.78, 5) is 0. The van der Waals surface area contributed by atoms with E-state index < -0.39 is 0 Å². The van der Waals surface area contributed by atoms with Crippen LogP contribution in [0.15, 0.2) is 0 Å². The maximum absolute atomic E-state index is 3.11. The monoisotopic (exact) mass is 176 g/mol. The molecule has 0 rings (SSSR count). The molecule has 7 heavy (non-hydrogen) atoms. The molecule has 0 amide bonds. The quantitative estimate of drug-likeness (QED) is 0.451. The van der Waals surface area contributed by atoms with Crippen LogP contribution in [0.25, 0.3) is 0 Å². The maximum Gasteiger partial charge on any atom is 2.00 e. The summed E-state index contributed by atoms with van der Waals surface area (Å²) in [5, 5.41) is 3.11. The van der Waals surface area contributed by atoms with E-state index >= 15 is 0 Å². The molecule has 0 aromatic carbocycles. The Bertz CT molecular complexity index is 19.2. The fourth-order valence-electron chi connectivity index (χ4n) is 0.250. The summed E-state index contributed by atoms with van der Waals surface area (Å²) < 4.78 is 0. The van der Waals surface area contributed by atoms with E-state index in [9.17, 15) is 0 Å². The SMILES string of the molecule is CCNCC.[Br-].[Mg+2]. The molecule has 0 unspecified atom stereocenters. The summed E-state index contributed by atoms with van der Waals surface area (Å²) >= 11 is 0. The van der Waals surface area contributed by atoms with Crippen molar-refractivity contribution in [3.05, 3.63) is 0 Å². The molecule has 0 spiro atoms. The first kappa shape index (κ1) is 15.7. The Balaban J connectivity index is -0.0000000800. The first-order valence-electron chi connectivity index (χ1n) is 2.12. The molecule has 0 bridgehead atoms. The summed E-state index contributed by atoms with van der Waals surface area (Å²) in [6, 6.07) is 0. The molecule has 0 aromatic heterocycles.